The Kier molecular flexibility index (Phi) is 5.87. The van der Waals surface area contributed by atoms with Crippen LogP contribution >= 0.6 is 11.7 Å². The van der Waals surface area contributed by atoms with Gasteiger partial charge in [0.15, 0.2) is 0 Å². The Balaban J connectivity index is 1.84. The van der Waals surface area contributed by atoms with Gasteiger partial charge in [-0.15, -0.1) is 0 Å². The minimum absolute atomic E-state index is 0.0694. The molecule has 9 nitrogen and oxygen atoms in total. The van der Waals surface area contributed by atoms with E-state index in [1.807, 2.05) is 47.0 Å². The van der Waals surface area contributed by atoms with E-state index in [2.05, 4.69) is 8.75 Å². The molecule has 10 heteroatoms. The van der Waals surface area contributed by atoms with E-state index in [0.717, 1.165) is 22.8 Å². The highest BCUT2D eigenvalue weighted by Crippen LogP contribution is 2.39. The van der Waals surface area contributed by atoms with E-state index in [1.54, 1.807) is 20.1 Å². The van der Waals surface area contributed by atoms with Crippen LogP contribution in [-0.4, -0.2) is 37.9 Å². The lowest BCUT2D eigenvalue weighted by Crippen LogP contribution is -2.14. The number of hydrogen-bond donors (Lipinski definition) is 0. The number of non-ortho nitro benzene ring substituents is 1. The monoisotopic (exact) mass is 488 g/mol. The van der Waals surface area contributed by atoms with Crippen molar-refractivity contribution in [1.29, 1.82) is 0 Å². The van der Waals surface area contributed by atoms with E-state index in [9.17, 15) is 14.9 Å². The molecule has 0 saturated carbocycles. The normalized spacial score (nSPS) is 11.1. The number of aromatic nitrogens is 3. The standard InChI is InChI=1S/C25H20N4O5S/c1-3-34-25(30)24-23(15-8-10-19-20(12-15)27-35-26-19)18-13-17(29(31)32)9-11-21(18)28(24)14-16-6-4-5-7-22(16)33-2/h4-13H,3,14H2,1-2H3. The van der Waals surface area contributed by atoms with Crippen LogP contribution < -0.4 is 4.74 Å². The molecule has 0 N–H and O–H groups in total. The first-order valence-corrected chi connectivity index (χ1v) is 11.6. The summed E-state index contributed by atoms with van der Waals surface area (Å²) < 4.78 is 21.4. The molecule has 0 aliphatic rings. The van der Waals surface area contributed by atoms with E-state index in [4.69, 9.17) is 9.47 Å². The number of ether oxygens (including phenoxy) is 2. The molecule has 0 fully saturated rings. The number of para-hydroxylation sites is 1. The SMILES string of the molecule is CCOC(=O)c1c(-c2ccc3nsnc3c2)c2cc([N+](=O)[O-])ccc2n1Cc1ccccc1OC. The zero-order valence-electron chi connectivity index (χ0n) is 18.9. The molecule has 0 unspecified atom stereocenters. The van der Waals surface area contributed by atoms with Gasteiger partial charge in [-0.25, -0.2) is 4.79 Å². The van der Waals surface area contributed by atoms with E-state index in [1.165, 1.54) is 12.1 Å². The second-order valence-electron chi connectivity index (χ2n) is 7.77. The molecule has 0 aliphatic carbocycles. The van der Waals surface area contributed by atoms with Gasteiger partial charge in [-0.1, -0.05) is 24.3 Å². The zero-order valence-corrected chi connectivity index (χ0v) is 19.7. The summed E-state index contributed by atoms with van der Waals surface area (Å²) >= 11 is 1.10. The first-order valence-electron chi connectivity index (χ1n) is 10.8. The third-order valence-electron chi connectivity index (χ3n) is 5.79. The first-order chi connectivity index (χ1) is 17.0. The number of nitro groups is 1. The number of carbonyl (C=O) groups is 1. The molecule has 0 amide bonds. The number of fused-ring (bicyclic) bond motifs is 2. The highest BCUT2D eigenvalue weighted by Gasteiger charge is 2.27. The number of rotatable bonds is 7. The fourth-order valence-corrected chi connectivity index (χ4v) is 4.78. The van der Waals surface area contributed by atoms with Crippen LogP contribution in [0.25, 0.3) is 33.1 Å². The second kappa shape index (κ2) is 9.15. The maximum Gasteiger partial charge on any atom is 0.355 e. The molecule has 0 saturated heterocycles. The summed E-state index contributed by atoms with van der Waals surface area (Å²) in [5, 5.41) is 12.2. The van der Waals surface area contributed by atoms with Gasteiger partial charge in [0, 0.05) is 28.6 Å². The van der Waals surface area contributed by atoms with Crippen molar-refractivity contribution in [3.8, 4) is 16.9 Å². The molecule has 0 radical (unpaired) electrons. The quantitative estimate of drug-likeness (QED) is 0.170. The molecule has 176 valence electrons. The lowest BCUT2D eigenvalue weighted by Gasteiger charge is -2.14. The molecular weight excluding hydrogens is 468 g/mol. The minimum atomic E-state index is -0.521. The Morgan fingerprint density at radius 3 is 2.66 bits per heavy atom. The van der Waals surface area contributed by atoms with Crippen molar-refractivity contribution in [3.63, 3.8) is 0 Å². The van der Waals surface area contributed by atoms with Gasteiger partial charge in [-0.05, 0) is 36.8 Å². The maximum atomic E-state index is 13.4. The molecule has 5 rings (SSSR count). The summed E-state index contributed by atoms with van der Waals surface area (Å²) in [6.07, 6.45) is 0. The van der Waals surface area contributed by atoms with Crippen LogP contribution in [-0.2, 0) is 11.3 Å². The predicted octanol–water partition coefficient (Wildman–Crippen LogP) is 5.45. The van der Waals surface area contributed by atoms with Crippen LogP contribution in [0.1, 0.15) is 23.0 Å². The van der Waals surface area contributed by atoms with Crippen LogP contribution in [0.4, 0.5) is 5.69 Å². The van der Waals surface area contributed by atoms with Crippen molar-refractivity contribution >= 4 is 45.3 Å². The fraction of sp³-hybridized carbons (Fsp3) is 0.160. The number of carbonyl (C=O) groups excluding carboxylic acids is 1. The number of benzene rings is 3. The Labute approximate surface area is 204 Å². The Hall–Kier alpha value is -4.31. The largest absolute Gasteiger partial charge is 0.496 e. The van der Waals surface area contributed by atoms with E-state index < -0.39 is 10.9 Å². The molecule has 2 aromatic heterocycles. The molecule has 35 heavy (non-hydrogen) atoms. The molecule has 3 aromatic carbocycles. The number of nitro benzene ring substituents is 1. The average molecular weight is 489 g/mol. The minimum Gasteiger partial charge on any atom is -0.496 e. The van der Waals surface area contributed by atoms with Crippen molar-refractivity contribution in [2.75, 3.05) is 13.7 Å². The van der Waals surface area contributed by atoms with Crippen molar-refractivity contribution < 1.29 is 19.2 Å². The van der Waals surface area contributed by atoms with Gasteiger partial charge < -0.3 is 14.0 Å². The van der Waals surface area contributed by atoms with Crippen molar-refractivity contribution in [3.05, 3.63) is 82.0 Å². The molecule has 0 spiro atoms. The third-order valence-corrected chi connectivity index (χ3v) is 6.35. The van der Waals surface area contributed by atoms with Gasteiger partial charge in [0.25, 0.3) is 5.69 Å². The van der Waals surface area contributed by atoms with Crippen LogP contribution in [0, 0.1) is 10.1 Å². The summed E-state index contributed by atoms with van der Waals surface area (Å²) in [5.41, 5.74) is 4.40. The number of hydrogen-bond acceptors (Lipinski definition) is 8. The van der Waals surface area contributed by atoms with Gasteiger partial charge >= 0.3 is 5.97 Å². The Morgan fingerprint density at radius 2 is 1.89 bits per heavy atom. The molecule has 0 aliphatic heterocycles. The van der Waals surface area contributed by atoms with Crippen LogP contribution in [0.15, 0.2) is 60.7 Å². The van der Waals surface area contributed by atoms with E-state index in [0.29, 0.717) is 45.5 Å². The number of nitrogens with zero attached hydrogens (tertiary/aromatic N) is 4. The highest BCUT2D eigenvalue weighted by atomic mass is 32.1. The average Bonchev–Trinajstić information content (AvgIpc) is 3.46. The van der Waals surface area contributed by atoms with Crippen LogP contribution in [0.2, 0.25) is 0 Å². The summed E-state index contributed by atoms with van der Waals surface area (Å²) in [6, 6.07) is 17.6. The van der Waals surface area contributed by atoms with Crippen LogP contribution in [0.3, 0.4) is 0 Å². The van der Waals surface area contributed by atoms with Gasteiger partial charge in [0.05, 0.1) is 42.4 Å². The molecule has 5 aromatic rings. The summed E-state index contributed by atoms with van der Waals surface area (Å²) in [5.74, 6) is 0.148. The number of methoxy groups -OCH3 is 1. The van der Waals surface area contributed by atoms with Crippen molar-refractivity contribution in [2.24, 2.45) is 0 Å². The van der Waals surface area contributed by atoms with Crippen molar-refractivity contribution in [2.45, 2.75) is 13.5 Å². The Bertz CT molecular complexity index is 1590. The number of esters is 1. The summed E-state index contributed by atoms with van der Waals surface area (Å²) in [7, 11) is 1.59. The van der Waals surface area contributed by atoms with Gasteiger partial charge in [0.2, 0.25) is 0 Å². The molecular formula is C25H20N4O5S. The van der Waals surface area contributed by atoms with E-state index >= 15 is 0 Å². The third kappa shape index (κ3) is 3.97. The molecule has 2 heterocycles. The summed E-state index contributed by atoms with van der Waals surface area (Å²) in [4.78, 5) is 24.5. The molecule has 0 atom stereocenters. The van der Waals surface area contributed by atoms with Gasteiger partial charge in [0.1, 0.15) is 22.5 Å². The highest BCUT2D eigenvalue weighted by molar-refractivity contribution is 7.00. The van der Waals surface area contributed by atoms with E-state index in [-0.39, 0.29) is 12.3 Å². The fourth-order valence-electron chi connectivity index (χ4n) is 4.27. The summed E-state index contributed by atoms with van der Waals surface area (Å²) in [6.45, 7) is 2.22. The second-order valence-corrected chi connectivity index (χ2v) is 8.30. The Morgan fingerprint density at radius 1 is 1.09 bits per heavy atom. The van der Waals surface area contributed by atoms with Crippen molar-refractivity contribution in [1.82, 2.24) is 13.3 Å². The maximum absolute atomic E-state index is 13.4. The topological polar surface area (TPSA) is 109 Å². The zero-order chi connectivity index (χ0) is 24.5. The smallest absolute Gasteiger partial charge is 0.355 e. The van der Waals surface area contributed by atoms with Gasteiger partial charge in [-0.2, -0.15) is 8.75 Å². The lowest BCUT2D eigenvalue weighted by molar-refractivity contribution is -0.384. The predicted molar refractivity (Wildman–Crippen MR) is 133 cm³/mol. The van der Waals surface area contributed by atoms with Crippen LogP contribution in [0.5, 0.6) is 5.75 Å². The first kappa shape index (κ1) is 22.5. The molecule has 0 bridgehead atoms. The lowest BCUT2D eigenvalue weighted by atomic mass is 10.0. The van der Waals surface area contributed by atoms with Gasteiger partial charge in [-0.3, -0.25) is 10.1 Å².